The van der Waals surface area contributed by atoms with Crippen molar-refractivity contribution < 1.29 is 4.79 Å². The van der Waals surface area contributed by atoms with Crippen LogP contribution in [0.2, 0.25) is 0 Å². The fraction of sp³-hybridized carbons (Fsp3) is 0.533. The molecule has 3 heterocycles. The minimum Gasteiger partial charge on any atom is -0.340 e. The maximum absolute atomic E-state index is 12.4. The first-order valence-electron chi connectivity index (χ1n) is 7.89. The smallest absolute Gasteiger partial charge is 0.340 e. The van der Waals surface area contributed by atoms with Crippen molar-refractivity contribution in [3.05, 3.63) is 34.3 Å². The van der Waals surface area contributed by atoms with Gasteiger partial charge in [-0.15, -0.1) is 0 Å². The van der Waals surface area contributed by atoms with E-state index in [1.807, 2.05) is 19.2 Å². The van der Waals surface area contributed by atoms with E-state index in [1.165, 1.54) is 4.68 Å². The Balaban J connectivity index is 1.61. The fourth-order valence-electron chi connectivity index (χ4n) is 2.84. The van der Waals surface area contributed by atoms with Crippen molar-refractivity contribution in [1.82, 2.24) is 29.0 Å². The van der Waals surface area contributed by atoms with Crippen LogP contribution in [0.1, 0.15) is 17.8 Å². The highest BCUT2D eigenvalue weighted by Crippen LogP contribution is 2.07. The van der Waals surface area contributed by atoms with Crippen molar-refractivity contribution in [2.75, 3.05) is 13.1 Å². The minimum absolute atomic E-state index is 0.0475. The number of rotatable bonds is 4. The highest BCUT2D eigenvalue weighted by atomic mass is 16.2. The number of aryl methyl sites for hydroxylation is 2. The Morgan fingerprint density at radius 1 is 1.38 bits per heavy atom. The number of fused-ring (bicyclic) bond motifs is 1. The molecule has 9 nitrogen and oxygen atoms in total. The topological polar surface area (TPSA) is 102 Å². The molecule has 0 saturated heterocycles. The van der Waals surface area contributed by atoms with Crippen LogP contribution in [-0.4, -0.2) is 48.0 Å². The monoisotopic (exact) mass is 329 g/mol. The number of aromatic nitrogens is 5. The average molecular weight is 329 g/mol. The Hall–Kier alpha value is -2.89. The first kappa shape index (κ1) is 16.0. The van der Waals surface area contributed by atoms with E-state index in [-0.39, 0.29) is 18.1 Å². The predicted molar refractivity (Wildman–Crippen MR) is 84.0 cm³/mol. The highest BCUT2D eigenvalue weighted by Gasteiger charge is 2.22. The number of hydrogen-bond donors (Lipinski definition) is 0. The van der Waals surface area contributed by atoms with Crippen LogP contribution in [0.4, 0.5) is 0 Å². The first-order chi connectivity index (χ1) is 11.6. The van der Waals surface area contributed by atoms with Crippen LogP contribution in [0.25, 0.3) is 0 Å². The third-order valence-electron chi connectivity index (χ3n) is 4.09. The SMILES string of the molecule is Cc1cnn(CCC(=O)N2CCc3nn(CC#N)c(=O)n3CC2)c1. The summed E-state index contributed by atoms with van der Waals surface area (Å²) in [4.78, 5) is 26.3. The lowest BCUT2D eigenvalue weighted by Gasteiger charge is -2.19. The maximum atomic E-state index is 12.4. The molecule has 2 aromatic heterocycles. The maximum Gasteiger partial charge on any atom is 0.346 e. The summed E-state index contributed by atoms with van der Waals surface area (Å²) < 4.78 is 4.49. The Labute approximate surface area is 138 Å². The van der Waals surface area contributed by atoms with Crippen molar-refractivity contribution in [3.63, 3.8) is 0 Å². The molecule has 1 amide bonds. The molecule has 1 aliphatic heterocycles. The molecule has 0 N–H and O–H groups in total. The third-order valence-corrected chi connectivity index (χ3v) is 4.09. The first-order valence-corrected chi connectivity index (χ1v) is 7.89. The molecule has 9 heteroatoms. The molecule has 24 heavy (non-hydrogen) atoms. The van der Waals surface area contributed by atoms with Crippen LogP contribution in [0.5, 0.6) is 0 Å². The molecule has 126 valence electrons. The molecule has 2 aromatic rings. The van der Waals surface area contributed by atoms with E-state index in [4.69, 9.17) is 5.26 Å². The van der Waals surface area contributed by atoms with E-state index < -0.39 is 0 Å². The standard InChI is InChI=1S/C15H19N7O2/c1-12-10-17-20(11-12)6-3-14(23)19-5-2-13-18-22(7-4-16)15(24)21(13)9-8-19/h10-11H,2-3,5-9H2,1H3. The number of carbonyl (C=O) groups is 1. The van der Waals surface area contributed by atoms with Crippen molar-refractivity contribution in [1.29, 1.82) is 5.26 Å². The van der Waals surface area contributed by atoms with Gasteiger partial charge in [0, 0.05) is 45.2 Å². The minimum atomic E-state index is -0.284. The second-order valence-corrected chi connectivity index (χ2v) is 5.83. The third kappa shape index (κ3) is 3.22. The lowest BCUT2D eigenvalue weighted by Crippen LogP contribution is -2.35. The lowest BCUT2D eigenvalue weighted by atomic mass is 10.3. The molecule has 1 aliphatic rings. The zero-order chi connectivity index (χ0) is 17.1. The largest absolute Gasteiger partial charge is 0.346 e. The summed E-state index contributed by atoms with van der Waals surface area (Å²) in [6.45, 7) is 3.86. The summed E-state index contributed by atoms with van der Waals surface area (Å²) in [6.07, 6.45) is 4.56. The van der Waals surface area contributed by atoms with Crippen LogP contribution >= 0.6 is 0 Å². The molecule has 0 aliphatic carbocycles. The molecule has 0 fully saturated rings. The Morgan fingerprint density at radius 2 is 2.21 bits per heavy atom. The van der Waals surface area contributed by atoms with Crippen molar-refractivity contribution in [2.24, 2.45) is 0 Å². The van der Waals surface area contributed by atoms with Gasteiger partial charge < -0.3 is 4.90 Å². The van der Waals surface area contributed by atoms with Gasteiger partial charge in [0.25, 0.3) is 0 Å². The van der Waals surface area contributed by atoms with E-state index in [9.17, 15) is 9.59 Å². The molecule has 3 rings (SSSR count). The van der Waals surface area contributed by atoms with Crippen molar-refractivity contribution >= 4 is 5.91 Å². The predicted octanol–water partition coefficient (Wildman–Crippen LogP) is -0.452. The number of hydrogen-bond acceptors (Lipinski definition) is 5. The quantitative estimate of drug-likeness (QED) is 0.756. The normalized spacial score (nSPS) is 14.1. The van der Waals surface area contributed by atoms with Gasteiger partial charge >= 0.3 is 5.69 Å². The number of amides is 1. The summed E-state index contributed by atoms with van der Waals surface area (Å²) in [5.41, 5.74) is 0.782. The number of nitriles is 1. The van der Waals surface area contributed by atoms with Gasteiger partial charge in [-0.1, -0.05) is 0 Å². The summed E-state index contributed by atoms with van der Waals surface area (Å²) >= 11 is 0. The van der Waals surface area contributed by atoms with Gasteiger partial charge in [0.2, 0.25) is 5.91 Å². The van der Waals surface area contributed by atoms with E-state index in [2.05, 4.69) is 10.2 Å². The fourth-order valence-corrected chi connectivity index (χ4v) is 2.84. The van der Waals surface area contributed by atoms with E-state index in [0.717, 1.165) is 5.56 Å². The van der Waals surface area contributed by atoms with Crippen molar-refractivity contribution in [3.8, 4) is 6.07 Å². The van der Waals surface area contributed by atoms with Gasteiger partial charge in [0.15, 0.2) is 0 Å². The summed E-state index contributed by atoms with van der Waals surface area (Å²) in [7, 11) is 0. The molecule has 0 saturated carbocycles. The van der Waals surface area contributed by atoms with Gasteiger partial charge in [0.1, 0.15) is 12.4 Å². The molecule has 0 spiro atoms. The summed E-state index contributed by atoms with van der Waals surface area (Å²) in [5.74, 6) is 0.680. The molecular formula is C15H19N7O2. The number of carbonyl (C=O) groups excluding carboxylic acids is 1. The lowest BCUT2D eigenvalue weighted by molar-refractivity contribution is -0.131. The van der Waals surface area contributed by atoms with Crippen molar-refractivity contribution in [2.45, 2.75) is 39.4 Å². The Kier molecular flexibility index (Phi) is 4.46. The van der Waals surface area contributed by atoms with Gasteiger partial charge in [-0.05, 0) is 12.5 Å². The molecule has 0 bridgehead atoms. The van der Waals surface area contributed by atoms with Crippen LogP contribution in [0.3, 0.4) is 0 Å². The van der Waals surface area contributed by atoms with Gasteiger partial charge in [-0.25, -0.2) is 4.79 Å². The van der Waals surface area contributed by atoms with Crippen LogP contribution < -0.4 is 5.69 Å². The van der Waals surface area contributed by atoms with Gasteiger partial charge in [-0.3, -0.25) is 14.0 Å². The Morgan fingerprint density at radius 3 is 2.92 bits per heavy atom. The summed E-state index contributed by atoms with van der Waals surface area (Å²) in [6, 6.07) is 1.92. The second kappa shape index (κ2) is 6.70. The number of nitrogens with zero attached hydrogens (tertiary/aromatic N) is 7. The molecular weight excluding hydrogens is 310 g/mol. The molecule has 0 aromatic carbocycles. The zero-order valence-corrected chi connectivity index (χ0v) is 13.6. The molecule has 0 radical (unpaired) electrons. The second-order valence-electron chi connectivity index (χ2n) is 5.83. The van der Waals surface area contributed by atoms with E-state index >= 15 is 0 Å². The van der Waals surface area contributed by atoms with E-state index in [1.54, 1.807) is 20.3 Å². The van der Waals surface area contributed by atoms with Crippen LogP contribution in [0, 0.1) is 18.3 Å². The average Bonchev–Trinajstić information content (AvgIpc) is 3.02. The summed E-state index contributed by atoms with van der Waals surface area (Å²) in [5, 5.41) is 17.1. The van der Waals surface area contributed by atoms with Gasteiger partial charge in [0.05, 0.1) is 12.3 Å². The van der Waals surface area contributed by atoms with Crippen LogP contribution in [-0.2, 0) is 30.8 Å². The zero-order valence-electron chi connectivity index (χ0n) is 13.6. The molecule has 0 atom stereocenters. The van der Waals surface area contributed by atoms with Crippen LogP contribution in [0.15, 0.2) is 17.2 Å². The highest BCUT2D eigenvalue weighted by molar-refractivity contribution is 5.76. The van der Waals surface area contributed by atoms with E-state index in [0.29, 0.717) is 44.8 Å². The Bertz CT molecular complexity index is 839. The van der Waals surface area contributed by atoms with Gasteiger partial charge in [-0.2, -0.15) is 20.1 Å². The molecule has 0 unspecified atom stereocenters.